The fourth-order valence-corrected chi connectivity index (χ4v) is 3.57. The molecule has 2 heterocycles. The molecule has 0 saturated carbocycles. The lowest BCUT2D eigenvalue weighted by Gasteiger charge is -2.25. The molecule has 0 saturated heterocycles. The minimum atomic E-state index is -0.687. The van der Waals surface area contributed by atoms with Crippen molar-refractivity contribution in [2.45, 2.75) is 52.0 Å². The maximum atomic E-state index is 13.9. The Bertz CT molecular complexity index is 953. The van der Waals surface area contributed by atoms with Crippen LogP contribution in [0.2, 0.25) is 0 Å². The van der Waals surface area contributed by atoms with Crippen LogP contribution in [0.3, 0.4) is 0 Å². The summed E-state index contributed by atoms with van der Waals surface area (Å²) in [6.45, 7) is 4.57. The number of anilines is 2. The van der Waals surface area contributed by atoms with E-state index in [0.717, 1.165) is 24.6 Å². The predicted octanol–water partition coefficient (Wildman–Crippen LogP) is 3.92. The van der Waals surface area contributed by atoms with E-state index < -0.39 is 11.7 Å². The van der Waals surface area contributed by atoms with Crippen LogP contribution in [0.15, 0.2) is 41.6 Å². The Morgan fingerprint density at radius 2 is 1.97 bits per heavy atom. The van der Waals surface area contributed by atoms with Crippen LogP contribution in [0, 0.1) is 5.82 Å². The molecular weight excluding hydrogens is 411 g/mol. The Morgan fingerprint density at radius 1 is 1.22 bits per heavy atom. The van der Waals surface area contributed by atoms with Crippen LogP contribution in [-0.2, 0) is 9.59 Å². The third kappa shape index (κ3) is 6.09. The molecular formula is C23H29FN6O2. The summed E-state index contributed by atoms with van der Waals surface area (Å²) < 4.78 is 13.9. The molecule has 0 fully saturated rings. The predicted molar refractivity (Wildman–Crippen MR) is 122 cm³/mol. The maximum Gasteiger partial charge on any atom is 0.243 e. The molecule has 1 atom stereocenters. The zero-order valence-electron chi connectivity index (χ0n) is 18.5. The van der Waals surface area contributed by atoms with Crippen LogP contribution in [-0.4, -0.2) is 46.1 Å². The van der Waals surface area contributed by atoms with Crippen molar-refractivity contribution in [1.82, 2.24) is 15.0 Å². The first-order valence-corrected chi connectivity index (χ1v) is 10.9. The smallest absolute Gasteiger partial charge is 0.243 e. The van der Waals surface area contributed by atoms with E-state index in [1.807, 2.05) is 35.2 Å². The lowest BCUT2D eigenvalue weighted by molar-refractivity contribution is -0.133. The van der Waals surface area contributed by atoms with Gasteiger partial charge in [0, 0.05) is 39.1 Å². The van der Waals surface area contributed by atoms with Gasteiger partial charge in [0.15, 0.2) is 11.6 Å². The van der Waals surface area contributed by atoms with Crippen molar-refractivity contribution in [1.29, 1.82) is 0 Å². The number of hydrogen-bond acceptors (Lipinski definition) is 6. The number of carbonyl (C=O) groups is 2. The summed E-state index contributed by atoms with van der Waals surface area (Å²) in [6.07, 6.45) is 6.30. The van der Waals surface area contributed by atoms with E-state index >= 15 is 0 Å². The number of nitrogens with zero attached hydrogens (tertiary/aromatic N) is 5. The van der Waals surface area contributed by atoms with Crippen LogP contribution in [0.1, 0.15) is 57.6 Å². The highest BCUT2D eigenvalue weighted by atomic mass is 19.1. The van der Waals surface area contributed by atoms with Crippen molar-refractivity contribution in [3.8, 4) is 0 Å². The Hall–Kier alpha value is -3.36. The van der Waals surface area contributed by atoms with Gasteiger partial charge in [-0.05, 0) is 18.4 Å². The first kappa shape index (κ1) is 23.3. The second-order valence-corrected chi connectivity index (χ2v) is 7.69. The van der Waals surface area contributed by atoms with E-state index in [9.17, 15) is 14.0 Å². The van der Waals surface area contributed by atoms with Gasteiger partial charge in [-0.2, -0.15) is 10.1 Å². The van der Waals surface area contributed by atoms with Crippen molar-refractivity contribution in [2.24, 2.45) is 5.10 Å². The summed E-state index contributed by atoms with van der Waals surface area (Å²) in [4.78, 5) is 34.4. The first-order chi connectivity index (χ1) is 15.5. The van der Waals surface area contributed by atoms with Crippen molar-refractivity contribution in [3.63, 3.8) is 0 Å². The zero-order chi connectivity index (χ0) is 22.9. The molecule has 32 heavy (non-hydrogen) atoms. The molecule has 0 radical (unpaired) electrons. The highest BCUT2D eigenvalue weighted by Crippen LogP contribution is 2.28. The number of nitrogens with one attached hydrogen (secondary N) is 1. The topological polar surface area (TPSA) is 90.8 Å². The highest BCUT2D eigenvalue weighted by molar-refractivity contribution is 5.87. The maximum absolute atomic E-state index is 13.9. The number of hydrazone groups is 1. The van der Waals surface area contributed by atoms with Gasteiger partial charge in [0.25, 0.3) is 0 Å². The molecule has 8 nitrogen and oxygen atoms in total. The van der Waals surface area contributed by atoms with Crippen LogP contribution in [0.25, 0.3) is 0 Å². The first-order valence-electron chi connectivity index (χ1n) is 10.9. The number of unbranched alkanes of at least 4 members (excludes halogenated alkanes) is 1. The summed E-state index contributed by atoms with van der Waals surface area (Å²) in [7, 11) is 0. The normalized spacial score (nSPS) is 15.1. The quantitative estimate of drug-likeness (QED) is 0.605. The van der Waals surface area contributed by atoms with Gasteiger partial charge >= 0.3 is 0 Å². The summed E-state index contributed by atoms with van der Waals surface area (Å²) in [5.41, 5.74) is 1.06. The van der Waals surface area contributed by atoms with Gasteiger partial charge in [-0.1, -0.05) is 43.7 Å². The SMILES string of the molecule is CCCCN(CCCC(=O)N1N=CCC1c1ccccc1)c1ncc(F)c(NC(C)=O)n1. The van der Waals surface area contributed by atoms with E-state index in [4.69, 9.17) is 0 Å². The van der Waals surface area contributed by atoms with Crippen LogP contribution in [0.4, 0.5) is 16.2 Å². The van der Waals surface area contributed by atoms with Crippen molar-refractivity contribution in [3.05, 3.63) is 47.9 Å². The molecule has 170 valence electrons. The molecule has 2 amide bonds. The second-order valence-electron chi connectivity index (χ2n) is 7.69. The third-order valence-corrected chi connectivity index (χ3v) is 5.18. The van der Waals surface area contributed by atoms with E-state index in [0.29, 0.717) is 38.3 Å². The monoisotopic (exact) mass is 440 g/mol. The summed E-state index contributed by atoms with van der Waals surface area (Å²) in [6, 6.07) is 9.81. The second kappa shape index (κ2) is 11.3. The van der Waals surface area contributed by atoms with Gasteiger partial charge in [0.2, 0.25) is 17.8 Å². The molecule has 1 aliphatic rings. The molecule has 1 aromatic carbocycles. The van der Waals surface area contributed by atoms with Crippen LogP contribution in [0.5, 0.6) is 0 Å². The Balaban J connectivity index is 1.63. The highest BCUT2D eigenvalue weighted by Gasteiger charge is 2.27. The number of amides is 2. The number of halogens is 1. The number of hydrogen-bond donors (Lipinski definition) is 1. The summed E-state index contributed by atoms with van der Waals surface area (Å²) >= 11 is 0. The van der Waals surface area contributed by atoms with Crippen molar-refractivity contribution < 1.29 is 14.0 Å². The van der Waals surface area contributed by atoms with Crippen LogP contribution < -0.4 is 10.2 Å². The average molecular weight is 441 g/mol. The van der Waals surface area contributed by atoms with Crippen molar-refractivity contribution >= 4 is 29.8 Å². The van der Waals surface area contributed by atoms with Gasteiger partial charge in [-0.15, -0.1) is 0 Å². The largest absolute Gasteiger partial charge is 0.341 e. The fraction of sp³-hybridized carbons (Fsp3) is 0.435. The fourth-order valence-electron chi connectivity index (χ4n) is 3.57. The van der Waals surface area contributed by atoms with Crippen molar-refractivity contribution in [2.75, 3.05) is 23.3 Å². The van der Waals surface area contributed by atoms with E-state index in [-0.39, 0.29) is 17.8 Å². The molecule has 0 aliphatic carbocycles. The van der Waals surface area contributed by atoms with Gasteiger partial charge in [-0.25, -0.2) is 14.4 Å². The minimum Gasteiger partial charge on any atom is -0.341 e. The van der Waals surface area contributed by atoms with E-state index in [1.54, 1.807) is 11.2 Å². The summed E-state index contributed by atoms with van der Waals surface area (Å²) in [5.74, 6) is -0.941. The van der Waals surface area contributed by atoms with Gasteiger partial charge < -0.3 is 10.2 Å². The van der Waals surface area contributed by atoms with Gasteiger partial charge in [0.05, 0.1) is 12.2 Å². The standard InChI is InChI=1S/C23H29FN6O2/c1-3-4-14-29(23-25-16-19(24)22(28-23)27-17(2)31)15-8-11-21(32)30-20(12-13-26-30)18-9-6-5-7-10-18/h5-7,9-10,13,16,20H,3-4,8,11-12,14-15H2,1-2H3,(H,25,27,28,31). The lowest BCUT2D eigenvalue weighted by atomic mass is 10.0. The van der Waals surface area contributed by atoms with Crippen LogP contribution >= 0.6 is 0 Å². The number of benzene rings is 1. The molecule has 0 spiro atoms. The molecule has 1 unspecified atom stereocenters. The number of carbonyl (C=O) groups excluding carboxylic acids is 2. The summed E-state index contributed by atoms with van der Waals surface area (Å²) in [5, 5.41) is 8.24. The molecule has 2 aromatic rings. The Morgan fingerprint density at radius 3 is 2.69 bits per heavy atom. The number of aromatic nitrogens is 2. The lowest BCUT2D eigenvalue weighted by Crippen LogP contribution is -2.31. The van der Waals surface area contributed by atoms with E-state index in [1.165, 1.54) is 6.92 Å². The molecule has 0 bridgehead atoms. The molecule has 1 aliphatic heterocycles. The third-order valence-electron chi connectivity index (χ3n) is 5.18. The molecule has 1 N–H and O–H groups in total. The minimum absolute atomic E-state index is 0.0398. The zero-order valence-corrected chi connectivity index (χ0v) is 18.5. The van der Waals surface area contributed by atoms with E-state index in [2.05, 4.69) is 27.3 Å². The molecule has 1 aromatic heterocycles. The van der Waals surface area contributed by atoms with Gasteiger partial charge in [0.1, 0.15) is 0 Å². The Labute approximate surface area is 187 Å². The Kier molecular flexibility index (Phi) is 8.24. The number of rotatable bonds is 10. The molecule has 9 heteroatoms. The molecule has 3 rings (SSSR count). The average Bonchev–Trinajstić information content (AvgIpc) is 3.28. The van der Waals surface area contributed by atoms with Gasteiger partial charge in [-0.3, -0.25) is 9.59 Å².